The lowest BCUT2D eigenvalue weighted by Gasteiger charge is -2.14. The fourth-order valence-corrected chi connectivity index (χ4v) is 2.41. The summed E-state index contributed by atoms with van der Waals surface area (Å²) in [6, 6.07) is 8.14. The van der Waals surface area contributed by atoms with Gasteiger partial charge in [0, 0.05) is 12.7 Å². The molecule has 0 spiro atoms. The minimum absolute atomic E-state index is 0.129. The van der Waals surface area contributed by atoms with Gasteiger partial charge in [0.2, 0.25) is 5.91 Å². The Morgan fingerprint density at radius 2 is 2.04 bits per heavy atom. The molecule has 2 rings (SSSR count). The van der Waals surface area contributed by atoms with Crippen LogP contribution in [0.2, 0.25) is 0 Å². The van der Waals surface area contributed by atoms with Crippen LogP contribution in [-0.2, 0) is 28.7 Å². The second kappa shape index (κ2) is 8.03. The highest BCUT2D eigenvalue weighted by molar-refractivity contribution is 5.77. The molecule has 0 aliphatic heterocycles. The molecule has 1 aromatic heterocycles. The summed E-state index contributed by atoms with van der Waals surface area (Å²) in [6.07, 6.45) is -3.30. The molecule has 9 heteroatoms. The number of carboxylic acid groups (broad SMARTS) is 1. The largest absolute Gasteiger partial charge is 0.481 e. The van der Waals surface area contributed by atoms with E-state index in [0.717, 1.165) is 28.1 Å². The van der Waals surface area contributed by atoms with Gasteiger partial charge in [-0.2, -0.15) is 18.3 Å². The molecule has 0 aliphatic rings. The minimum atomic E-state index is -4.58. The number of hydrogen-bond acceptors (Lipinski definition) is 3. The van der Waals surface area contributed by atoms with Crippen molar-refractivity contribution in [1.82, 2.24) is 15.1 Å². The van der Waals surface area contributed by atoms with Crippen LogP contribution >= 0.6 is 0 Å². The first kappa shape index (κ1) is 19.5. The zero-order valence-corrected chi connectivity index (χ0v) is 14.0. The number of aryl methyl sites for hydroxylation is 1. The van der Waals surface area contributed by atoms with Crippen molar-refractivity contribution in [3.05, 3.63) is 53.3 Å². The Morgan fingerprint density at radius 3 is 2.62 bits per heavy atom. The molecule has 26 heavy (non-hydrogen) atoms. The number of alkyl halides is 3. The van der Waals surface area contributed by atoms with E-state index in [1.165, 1.54) is 0 Å². The van der Waals surface area contributed by atoms with Crippen LogP contribution < -0.4 is 5.32 Å². The van der Waals surface area contributed by atoms with E-state index in [1.54, 1.807) is 6.07 Å². The molecule has 0 aliphatic carbocycles. The standard InChI is InChI=1S/C17H18F3N3O3/c1-11-3-2-4-12(7-11)8-13(16(25)26)9-21-15(24)10-23-6-5-14(22-23)17(18,19)20/h2-7,13H,8-10H2,1H3,(H,21,24)(H,25,26). The van der Waals surface area contributed by atoms with Crippen molar-refractivity contribution in [3.63, 3.8) is 0 Å². The Balaban J connectivity index is 1.91. The van der Waals surface area contributed by atoms with Gasteiger partial charge >= 0.3 is 12.1 Å². The number of aliphatic carboxylic acids is 1. The Bertz CT molecular complexity index is 787. The molecule has 0 bridgehead atoms. The van der Waals surface area contributed by atoms with Gasteiger partial charge in [-0.3, -0.25) is 14.3 Å². The number of amides is 1. The molecule has 6 nitrogen and oxygen atoms in total. The molecule has 140 valence electrons. The van der Waals surface area contributed by atoms with Crippen LogP contribution in [0.3, 0.4) is 0 Å². The summed E-state index contributed by atoms with van der Waals surface area (Å²) < 4.78 is 38.3. The summed E-state index contributed by atoms with van der Waals surface area (Å²) in [6.45, 7) is 1.34. The fraction of sp³-hybridized carbons (Fsp3) is 0.353. The number of rotatable bonds is 7. The maximum absolute atomic E-state index is 12.5. The lowest BCUT2D eigenvalue weighted by atomic mass is 9.98. The van der Waals surface area contributed by atoms with Gasteiger partial charge in [0.05, 0.1) is 5.92 Å². The van der Waals surface area contributed by atoms with Gasteiger partial charge in [0.25, 0.3) is 0 Å². The van der Waals surface area contributed by atoms with Crippen LogP contribution in [-0.4, -0.2) is 33.3 Å². The molecule has 2 N–H and O–H groups in total. The summed E-state index contributed by atoms with van der Waals surface area (Å²) in [5, 5.41) is 15.0. The van der Waals surface area contributed by atoms with Crippen LogP contribution in [0.5, 0.6) is 0 Å². The monoisotopic (exact) mass is 369 g/mol. The summed E-state index contributed by atoms with van der Waals surface area (Å²) in [4.78, 5) is 23.2. The van der Waals surface area contributed by atoms with E-state index < -0.39 is 36.2 Å². The smallest absolute Gasteiger partial charge is 0.435 e. The highest BCUT2D eigenvalue weighted by Gasteiger charge is 2.33. The quantitative estimate of drug-likeness (QED) is 0.784. The lowest BCUT2D eigenvalue weighted by molar-refractivity contribution is -0.143. The van der Waals surface area contributed by atoms with E-state index in [9.17, 15) is 27.9 Å². The summed E-state index contributed by atoms with van der Waals surface area (Å²) in [5.41, 5.74) is 0.733. The lowest BCUT2D eigenvalue weighted by Crippen LogP contribution is -2.36. The third kappa shape index (κ3) is 5.61. The van der Waals surface area contributed by atoms with Gasteiger partial charge in [0.15, 0.2) is 5.69 Å². The predicted octanol–water partition coefficient (Wildman–Crippen LogP) is 2.27. The first-order chi connectivity index (χ1) is 12.1. The van der Waals surface area contributed by atoms with Gasteiger partial charge in [0.1, 0.15) is 6.54 Å². The van der Waals surface area contributed by atoms with Gasteiger partial charge in [-0.05, 0) is 25.0 Å². The number of aromatic nitrogens is 2. The number of hydrogen-bond donors (Lipinski definition) is 2. The predicted molar refractivity (Wildman–Crippen MR) is 86.2 cm³/mol. The molecule has 0 saturated heterocycles. The second-order valence-corrected chi connectivity index (χ2v) is 5.93. The van der Waals surface area contributed by atoms with E-state index in [1.807, 2.05) is 25.1 Å². The maximum atomic E-state index is 12.5. The minimum Gasteiger partial charge on any atom is -0.481 e. The molecule has 1 atom stereocenters. The first-order valence-electron chi connectivity index (χ1n) is 7.81. The van der Waals surface area contributed by atoms with Crippen LogP contribution in [0.4, 0.5) is 13.2 Å². The van der Waals surface area contributed by atoms with Crippen molar-refractivity contribution in [2.45, 2.75) is 26.1 Å². The fourth-order valence-electron chi connectivity index (χ4n) is 2.41. The summed E-state index contributed by atoms with van der Waals surface area (Å²) in [5.74, 6) is -2.52. The molecule has 0 radical (unpaired) electrons. The molecule has 1 heterocycles. The molecular weight excluding hydrogens is 351 g/mol. The zero-order chi connectivity index (χ0) is 19.3. The van der Waals surface area contributed by atoms with Crippen molar-refractivity contribution in [2.75, 3.05) is 6.54 Å². The number of nitrogens with zero attached hydrogens (tertiary/aromatic N) is 2. The van der Waals surface area contributed by atoms with E-state index in [0.29, 0.717) is 0 Å². The van der Waals surface area contributed by atoms with Crippen molar-refractivity contribution in [2.24, 2.45) is 5.92 Å². The number of carbonyl (C=O) groups is 2. The first-order valence-corrected chi connectivity index (χ1v) is 7.81. The molecule has 1 amide bonds. The maximum Gasteiger partial charge on any atom is 0.435 e. The molecule has 0 saturated carbocycles. The van der Waals surface area contributed by atoms with E-state index in [-0.39, 0.29) is 13.0 Å². The van der Waals surface area contributed by atoms with Gasteiger partial charge < -0.3 is 10.4 Å². The summed E-state index contributed by atoms with van der Waals surface area (Å²) in [7, 11) is 0. The molecule has 1 unspecified atom stereocenters. The molecule has 2 aromatic rings. The number of carbonyl (C=O) groups excluding carboxylic acids is 1. The zero-order valence-electron chi connectivity index (χ0n) is 14.0. The Morgan fingerprint density at radius 1 is 1.31 bits per heavy atom. The van der Waals surface area contributed by atoms with Crippen LogP contribution in [0, 0.1) is 12.8 Å². The average molecular weight is 369 g/mol. The van der Waals surface area contributed by atoms with Crippen LogP contribution in [0.1, 0.15) is 16.8 Å². The van der Waals surface area contributed by atoms with Crippen LogP contribution in [0.25, 0.3) is 0 Å². The van der Waals surface area contributed by atoms with Crippen molar-refractivity contribution in [1.29, 1.82) is 0 Å². The van der Waals surface area contributed by atoms with Crippen molar-refractivity contribution in [3.8, 4) is 0 Å². The van der Waals surface area contributed by atoms with E-state index >= 15 is 0 Å². The third-order valence-electron chi connectivity index (χ3n) is 3.70. The van der Waals surface area contributed by atoms with Crippen molar-refractivity contribution < 1.29 is 27.9 Å². The number of benzene rings is 1. The summed E-state index contributed by atoms with van der Waals surface area (Å²) >= 11 is 0. The van der Waals surface area contributed by atoms with Gasteiger partial charge in [-0.25, -0.2) is 0 Å². The SMILES string of the molecule is Cc1cccc(CC(CNC(=O)Cn2ccc(C(F)(F)F)n2)C(=O)O)c1. The third-order valence-corrected chi connectivity index (χ3v) is 3.70. The number of nitrogens with one attached hydrogen (secondary N) is 1. The molecular formula is C17H18F3N3O3. The Hall–Kier alpha value is -2.84. The number of halogens is 3. The normalized spacial score (nSPS) is 12.6. The Labute approximate surface area is 147 Å². The highest BCUT2D eigenvalue weighted by Crippen LogP contribution is 2.27. The number of carboxylic acids is 1. The average Bonchev–Trinajstić information content (AvgIpc) is 3.00. The Kier molecular flexibility index (Phi) is 6.01. The van der Waals surface area contributed by atoms with Crippen molar-refractivity contribution >= 4 is 11.9 Å². The van der Waals surface area contributed by atoms with Gasteiger partial charge in [-0.15, -0.1) is 0 Å². The second-order valence-electron chi connectivity index (χ2n) is 5.93. The van der Waals surface area contributed by atoms with Crippen LogP contribution in [0.15, 0.2) is 36.5 Å². The highest BCUT2D eigenvalue weighted by atomic mass is 19.4. The van der Waals surface area contributed by atoms with E-state index in [4.69, 9.17) is 0 Å². The van der Waals surface area contributed by atoms with E-state index in [2.05, 4.69) is 10.4 Å². The topological polar surface area (TPSA) is 84.2 Å². The molecule has 0 fully saturated rings. The molecule has 1 aromatic carbocycles. The van der Waals surface area contributed by atoms with Gasteiger partial charge in [-0.1, -0.05) is 29.8 Å².